The third-order valence-electron chi connectivity index (χ3n) is 2.91. The summed E-state index contributed by atoms with van der Waals surface area (Å²) < 4.78 is 1.89. The zero-order chi connectivity index (χ0) is 12.4. The van der Waals surface area contributed by atoms with Crippen molar-refractivity contribution in [3.8, 4) is 0 Å². The van der Waals surface area contributed by atoms with Crippen molar-refractivity contribution >= 4 is 23.4 Å². The quantitative estimate of drug-likeness (QED) is 0.861. The van der Waals surface area contributed by atoms with E-state index in [9.17, 15) is 0 Å². The van der Waals surface area contributed by atoms with Gasteiger partial charge in [0.25, 0.3) is 0 Å². The first-order valence-electron chi connectivity index (χ1n) is 5.76. The minimum atomic E-state index is 0.375. The fourth-order valence-corrected chi connectivity index (χ4v) is 3.10. The van der Waals surface area contributed by atoms with Gasteiger partial charge in [0, 0.05) is 0 Å². The van der Waals surface area contributed by atoms with Crippen molar-refractivity contribution in [2.45, 2.75) is 41.9 Å². The van der Waals surface area contributed by atoms with Crippen LogP contribution in [-0.2, 0) is 0 Å². The second-order valence-electron chi connectivity index (χ2n) is 4.13. The number of nitrogens with zero attached hydrogens (tertiary/aromatic N) is 6. The molecule has 6 nitrogen and oxygen atoms in total. The lowest BCUT2D eigenvalue weighted by atomic mass is 10.3. The molecule has 0 saturated heterocycles. The van der Waals surface area contributed by atoms with Crippen LogP contribution in [0.3, 0.4) is 0 Å². The topological polar surface area (TPSA) is 69.4 Å². The van der Waals surface area contributed by atoms with Crippen LogP contribution in [0.1, 0.15) is 31.7 Å². The molecular weight excluding hydrogens is 272 g/mol. The minimum absolute atomic E-state index is 0.375. The van der Waals surface area contributed by atoms with Gasteiger partial charge in [0.2, 0.25) is 5.16 Å². The molecule has 0 bridgehead atoms. The van der Waals surface area contributed by atoms with E-state index >= 15 is 0 Å². The predicted octanol–water partition coefficient (Wildman–Crippen LogP) is 2.38. The number of aromatic nitrogens is 6. The van der Waals surface area contributed by atoms with Crippen LogP contribution in [0.4, 0.5) is 0 Å². The van der Waals surface area contributed by atoms with E-state index in [0.29, 0.717) is 16.2 Å². The van der Waals surface area contributed by atoms with Gasteiger partial charge in [0.15, 0.2) is 0 Å². The number of hydrogen-bond acceptors (Lipinski definition) is 6. The Kier molecular flexibility index (Phi) is 3.42. The molecule has 0 radical (unpaired) electrons. The molecule has 0 spiro atoms. The van der Waals surface area contributed by atoms with Crippen LogP contribution in [0.15, 0.2) is 22.6 Å². The van der Waals surface area contributed by atoms with E-state index in [4.69, 9.17) is 11.6 Å². The van der Waals surface area contributed by atoms with Gasteiger partial charge in [-0.1, -0.05) is 24.4 Å². The number of rotatable bonds is 3. The summed E-state index contributed by atoms with van der Waals surface area (Å²) in [6, 6.07) is 0.412. The zero-order valence-corrected chi connectivity index (χ0v) is 11.1. The van der Waals surface area contributed by atoms with Crippen LogP contribution in [-0.4, -0.2) is 30.2 Å². The fraction of sp³-hybridized carbons (Fsp3) is 0.500. The molecule has 3 rings (SSSR count). The molecule has 1 aliphatic carbocycles. The van der Waals surface area contributed by atoms with E-state index < -0.39 is 0 Å². The van der Waals surface area contributed by atoms with Gasteiger partial charge in [-0.15, -0.1) is 5.10 Å². The maximum atomic E-state index is 5.81. The summed E-state index contributed by atoms with van der Waals surface area (Å²) in [5.74, 6) is 0. The summed E-state index contributed by atoms with van der Waals surface area (Å²) in [7, 11) is 0. The smallest absolute Gasteiger partial charge is 0.215 e. The van der Waals surface area contributed by atoms with Crippen molar-refractivity contribution in [1.82, 2.24) is 30.2 Å². The van der Waals surface area contributed by atoms with Gasteiger partial charge in [-0.3, -0.25) is 4.98 Å². The maximum absolute atomic E-state index is 5.81. The highest BCUT2D eigenvalue weighted by Gasteiger charge is 2.22. The molecule has 1 saturated carbocycles. The molecule has 0 amide bonds. The Morgan fingerprint density at radius 1 is 1.28 bits per heavy atom. The molecule has 0 aliphatic heterocycles. The first kappa shape index (κ1) is 11.9. The monoisotopic (exact) mass is 282 g/mol. The number of hydrogen-bond donors (Lipinski definition) is 0. The zero-order valence-electron chi connectivity index (χ0n) is 9.53. The summed E-state index contributed by atoms with van der Waals surface area (Å²) in [6.07, 6.45) is 7.92. The molecular formula is C10H11ClN6S. The highest BCUT2D eigenvalue weighted by molar-refractivity contribution is 7.99. The Balaban J connectivity index is 1.82. The van der Waals surface area contributed by atoms with Crippen LogP contribution < -0.4 is 0 Å². The molecule has 1 fully saturated rings. The van der Waals surface area contributed by atoms with Crippen molar-refractivity contribution in [3.63, 3.8) is 0 Å². The molecule has 0 aromatic carbocycles. The first-order valence-corrected chi connectivity index (χ1v) is 6.95. The van der Waals surface area contributed by atoms with Gasteiger partial charge < -0.3 is 0 Å². The molecule has 8 heteroatoms. The molecule has 0 N–H and O–H groups in total. The standard InChI is InChI=1S/C10H11ClN6S/c11-8-5-12-6-9(13-8)18-10-14-15-16-17(10)7-3-1-2-4-7/h5-7H,1-4H2. The van der Waals surface area contributed by atoms with Gasteiger partial charge in [-0.05, 0) is 35.0 Å². The van der Waals surface area contributed by atoms with Gasteiger partial charge >= 0.3 is 0 Å². The minimum Gasteiger partial charge on any atom is -0.259 e. The Bertz CT molecular complexity index is 539. The van der Waals surface area contributed by atoms with Crippen molar-refractivity contribution in [3.05, 3.63) is 17.5 Å². The van der Waals surface area contributed by atoms with E-state index in [1.165, 1.54) is 30.8 Å². The van der Waals surface area contributed by atoms with Crippen molar-refractivity contribution < 1.29 is 0 Å². The molecule has 2 aromatic heterocycles. The third-order valence-corrected chi connectivity index (χ3v) is 3.95. The summed E-state index contributed by atoms with van der Waals surface area (Å²) in [5.41, 5.74) is 0. The largest absolute Gasteiger partial charge is 0.259 e. The molecule has 18 heavy (non-hydrogen) atoms. The lowest BCUT2D eigenvalue weighted by molar-refractivity contribution is 0.423. The normalized spacial score (nSPS) is 16.3. The second-order valence-corrected chi connectivity index (χ2v) is 5.50. The van der Waals surface area contributed by atoms with E-state index in [2.05, 4.69) is 25.5 Å². The lowest BCUT2D eigenvalue weighted by Gasteiger charge is -2.10. The van der Waals surface area contributed by atoms with Gasteiger partial charge in [0.1, 0.15) is 10.2 Å². The second kappa shape index (κ2) is 5.19. The Hall–Kier alpha value is -1.21. The fourth-order valence-electron chi connectivity index (χ4n) is 2.10. The molecule has 0 unspecified atom stereocenters. The molecule has 2 heterocycles. The van der Waals surface area contributed by atoms with Crippen LogP contribution >= 0.6 is 23.4 Å². The molecule has 2 aromatic rings. The average Bonchev–Trinajstić information content (AvgIpc) is 2.98. The predicted molar refractivity (Wildman–Crippen MR) is 66.5 cm³/mol. The first-order chi connectivity index (χ1) is 8.83. The summed E-state index contributed by atoms with van der Waals surface area (Å²) in [6.45, 7) is 0. The van der Waals surface area contributed by atoms with Crippen LogP contribution in [0, 0.1) is 0 Å². The molecule has 94 valence electrons. The van der Waals surface area contributed by atoms with Gasteiger partial charge in [-0.2, -0.15) is 0 Å². The van der Waals surface area contributed by atoms with Crippen molar-refractivity contribution in [1.29, 1.82) is 0 Å². The Morgan fingerprint density at radius 2 is 2.11 bits per heavy atom. The number of halogens is 1. The molecule has 0 atom stereocenters. The van der Waals surface area contributed by atoms with Gasteiger partial charge in [-0.25, -0.2) is 9.67 Å². The highest BCUT2D eigenvalue weighted by atomic mass is 35.5. The summed E-state index contributed by atoms with van der Waals surface area (Å²) in [5, 5.41) is 13.7. The lowest BCUT2D eigenvalue weighted by Crippen LogP contribution is -2.08. The Labute approximate surface area is 113 Å². The van der Waals surface area contributed by atoms with Crippen LogP contribution in [0.2, 0.25) is 5.15 Å². The molecule has 1 aliphatic rings. The number of tetrazole rings is 1. The van der Waals surface area contributed by atoms with Gasteiger partial charge in [0.05, 0.1) is 18.4 Å². The van der Waals surface area contributed by atoms with E-state index in [1.54, 1.807) is 6.20 Å². The SMILES string of the molecule is Clc1cncc(Sc2nnnn2C2CCCC2)n1. The van der Waals surface area contributed by atoms with E-state index in [-0.39, 0.29) is 0 Å². The van der Waals surface area contributed by atoms with Crippen molar-refractivity contribution in [2.24, 2.45) is 0 Å². The van der Waals surface area contributed by atoms with E-state index in [0.717, 1.165) is 18.0 Å². The summed E-state index contributed by atoms with van der Waals surface area (Å²) >= 11 is 7.20. The van der Waals surface area contributed by atoms with Crippen LogP contribution in [0.25, 0.3) is 0 Å². The highest BCUT2D eigenvalue weighted by Crippen LogP contribution is 2.33. The third kappa shape index (κ3) is 2.46. The maximum Gasteiger partial charge on any atom is 0.215 e. The van der Waals surface area contributed by atoms with E-state index in [1.807, 2.05) is 4.68 Å². The van der Waals surface area contributed by atoms with Crippen molar-refractivity contribution in [2.75, 3.05) is 0 Å². The average molecular weight is 283 g/mol. The van der Waals surface area contributed by atoms with Crippen LogP contribution in [0.5, 0.6) is 0 Å². The Morgan fingerprint density at radius 3 is 2.89 bits per heavy atom. The summed E-state index contributed by atoms with van der Waals surface area (Å²) in [4.78, 5) is 8.17.